The number of carbonyl (C=O) groups is 1. The molecule has 1 aromatic carbocycles. The summed E-state index contributed by atoms with van der Waals surface area (Å²) in [6, 6.07) is 7.36. The lowest BCUT2D eigenvalue weighted by molar-refractivity contribution is -0.122. The van der Waals surface area contributed by atoms with Gasteiger partial charge in [0.05, 0.1) is 12.8 Å². The van der Waals surface area contributed by atoms with Crippen LogP contribution in [0.25, 0.3) is 0 Å². The fourth-order valence-corrected chi connectivity index (χ4v) is 2.91. The normalized spacial score (nSPS) is 16.7. The molecule has 4 nitrogen and oxygen atoms in total. The summed E-state index contributed by atoms with van der Waals surface area (Å²) in [5, 5.41) is 4.55. The van der Waals surface area contributed by atoms with Crippen LogP contribution in [0.3, 0.4) is 0 Å². The molecule has 0 aromatic heterocycles. The van der Waals surface area contributed by atoms with E-state index in [0.29, 0.717) is 11.6 Å². The van der Waals surface area contributed by atoms with E-state index < -0.39 is 0 Å². The number of amides is 1. The van der Waals surface area contributed by atoms with Crippen molar-refractivity contribution >= 4 is 35.5 Å². The average molecular weight is 298 g/mol. The Kier molecular flexibility index (Phi) is 5.69. The molecular formula is C13H16ClN3OS. The smallest absolute Gasteiger partial charge is 0.254 e. The first kappa shape index (κ1) is 14.4. The van der Waals surface area contributed by atoms with E-state index in [9.17, 15) is 4.79 Å². The van der Waals surface area contributed by atoms with Gasteiger partial charge in [-0.15, -0.1) is 0 Å². The molecule has 19 heavy (non-hydrogen) atoms. The summed E-state index contributed by atoms with van der Waals surface area (Å²) in [5.74, 6) is 2.10. The van der Waals surface area contributed by atoms with Crippen molar-refractivity contribution in [2.24, 2.45) is 5.10 Å². The highest BCUT2D eigenvalue weighted by molar-refractivity contribution is 7.99. The molecule has 102 valence electrons. The molecule has 0 radical (unpaired) electrons. The predicted molar refractivity (Wildman–Crippen MR) is 81.0 cm³/mol. The number of nitrogens with zero attached hydrogens (tertiary/aromatic N) is 2. The summed E-state index contributed by atoms with van der Waals surface area (Å²) in [6.07, 6.45) is 1.56. The van der Waals surface area contributed by atoms with Gasteiger partial charge in [0.15, 0.2) is 0 Å². The summed E-state index contributed by atoms with van der Waals surface area (Å²) in [6.45, 7) is 2.33. The third-order valence-electron chi connectivity index (χ3n) is 2.77. The molecule has 1 N–H and O–H groups in total. The monoisotopic (exact) mass is 297 g/mol. The maximum absolute atomic E-state index is 11.7. The van der Waals surface area contributed by atoms with Crippen molar-refractivity contribution in [1.82, 2.24) is 10.3 Å². The Morgan fingerprint density at radius 3 is 2.89 bits per heavy atom. The number of benzene rings is 1. The summed E-state index contributed by atoms with van der Waals surface area (Å²) < 4.78 is 0. The molecule has 1 heterocycles. The van der Waals surface area contributed by atoms with E-state index in [2.05, 4.69) is 15.4 Å². The molecule has 1 aromatic rings. The lowest BCUT2D eigenvalue weighted by Crippen LogP contribution is -2.40. The molecule has 0 unspecified atom stereocenters. The van der Waals surface area contributed by atoms with Crippen LogP contribution in [-0.2, 0) is 4.79 Å². The number of carbonyl (C=O) groups excluding carboxylic acids is 1. The van der Waals surface area contributed by atoms with Crippen molar-refractivity contribution in [3.63, 3.8) is 0 Å². The largest absolute Gasteiger partial charge is 0.293 e. The SMILES string of the molecule is O=C(CN1CCSCC1)N/N=C\c1ccccc1Cl. The number of hydrazone groups is 1. The first-order valence-electron chi connectivity index (χ1n) is 6.12. The zero-order valence-corrected chi connectivity index (χ0v) is 12.1. The molecule has 0 bridgehead atoms. The Bertz CT molecular complexity index is 461. The maximum atomic E-state index is 11.7. The van der Waals surface area contributed by atoms with Gasteiger partial charge in [0.1, 0.15) is 0 Å². The van der Waals surface area contributed by atoms with E-state index in [1.54, 1.807) is 12.3 Å². The van der Waals surface area contributed by atoms with Crippen LogP contribution in [0.2, 0.25) is 5.02 Å². The third-order valence-corrected chi connectivity index (χ3v) is 4.06. The van der Waals surface area contributed by atoms with Crippen molar-refractivity contribution in [3.05, 3.63) is 34.9 Å². The van der Waals surface area contributed by atoms with Crippen LogP contribution in [-0.4, -0.2) is 48.2 Å². The number of thioether (sulfide) groups is 1. The number of halogens is 1. The minimum atomic E-state index is -0.0878. The molecule has 1 saturated heterocycles. The van der Waals surface area contributed by atoms with Crippen molar-refractivity contribution in [1.29, 1.82) is 0 Å². The Balaban J connectivity index is 1.78. The molecule has 2 rings (SSSR count). The molecule has 0 spiro atoms. The zero-order chi connectivity index (χ0) is 13.5. The average Bonchev–Trinajstić information content (AvgIpc) is 2.42. The maximum Gasteiger partial charge on any atom is 0.254 e. The van der Waals surface area contributed by atoms with Crippen LogP contribution in [0.15, 0.2) is 29.4 Å². The van der Waals surface area contributed by atoms with Crippen LogP contribution >= 0.6 is 23.4 Å². The second-order valence-corrected chi connectivity index (χ2v) is 5.84. The van der Waals surface area contributed by atoms with E-state index >= 15 is 0 Å². The summed E-state index contributed by atoms with van der Waals surface area (Å²) in [7, 11) is 0. The van der Waals surface area contributed by atoms with Crippen LogP contribution in [0.1, 0.15) is 5.56 Å². The van der Waals surface area contributed by atoms with Crippen molar-refractivity contribution in [2.75, 3.05) is 31.1 Å². The van der Waals surface area contributed by atoms with E-state index in [1.165, 1.54) is 0 Å². The minimum absolute atomic E-state index is 0.0878. The first-order valence-corrected chi connectivity index (χ1v) is 7.65. The highest BCUT2D eigenvalue weighted by Gasteiger charge is 2.13. The van der Waals surface area contributed by atoms with E-state index in [-0.39, 0.29) is 5.91 Å². The lowest BCUT2D eigenvalue weighted by atomic mass is 10.2. The highest BCUT2D eigenvalue weighted by Crippen LogP contribution is 2.12. The van der Waals surface area contributed by atoms with Gasteiger partial charge in [-0.2, -0.15) is 16.9 Å². The van der Waals surface area contributed by atoms with Crippen LogP contribution in [0.5, 0.6) is 0 Å². The molecule has 1 fully saturated rings. The number of rotatable bonds is 4. The molecule has 0 atom stereocenters. The van der Waals surface area contributed by atoms with Gasteiger partial charge in [0.2, 0.25) is 0 Å². The Morgan fingerprint density at radius 1 is 1.42 bits per heavy atom. The fourth-order valence-electron chi connectivity index (χ4n) is 1.75. The molecule has 0 aliphatic carbocycles. The molecule has 6 heteroatoms. The first-order chi connectivity index (χ1) is 9.25. The number of hydrogen-bond donors (Lipinski definition) is 1. The second-order valence-electron chi connectivity index (χ2n) is 4.20. The minimum Gasteiger partial charge on any atom is -0.293 e. The highest BCUT2D eigenvalue weighted by atomic mass is 35.5. The Labute approximate surface area is 122 Å². The molecule has 1 aliphatic heterocycles. The van der Waals surface area contributed by atoms with E-state index in [4.69, 9.17) is 11.6 Å². The van der Waals surface area contributed by atoms with Gasteiger partial charge in [-0.05, 0) is 6.07 Å². The molecule has 0 saturated carbocycles. The van der Waals surface area contributed by atoms with Crippen molar-refractivity contribution < 1.29 is 4.79 Å². The fraction of sp³-hybridized carbons (Fsp3) is 0.385. The van der Waals surface area contributed by atoms with Crippen molar-refractivity contribution in [3.8, 4) is 0 Å². The third kappa shape index (κ3) is 4.86. The second kappa shape index (κ2) is 7.53. The zero-order valence-electron chi connectivity index (χ0n) is 10.5. The Hall–Kier alpha value is -1.04. The molecule has 1 aliphatic rings. The van der Waals surface area contributed by atoms with Gasteiger partial charge in [-0.25, -0.2) is 5.43 Å². The molecular weight excluding hydrogens is 282 g/mol. The van der Waals surface area contributed by atoms with Crippen molar-refractivity contribution in [2.45, 2.75) is 0 Å². The van der Waals surface area contributed by atoms with Gasteiger partial charge in [0.25, 0.3) is 5.91 Å². The van der Waals surface area contributed by atoms with Gasteiger partial charge in [0, 0.05) is 35.2 Å². The molecule has 1 amide bonds. The predicted octanol–water partition coefficient (Wildman–Crippen LogP) is 1.84. The van der Waals surface area contributed by atoms with Crippen LogP contribution in [0.4, 0.5) is 0 Å². The summed E-state index contributed by atoms with van der Waals surface area (Å²) in [5.41, 5.74) is 3.32. The van der Waals surface area contributed by atoms with Crippen LogP contribution < -0.4 is 5.43 Å². The van der Waals surface area contributed by atoms with Gasteiger partial charge >= 0.3 is 0 Å². The van der Waals surface area contributed by atoms with E-state index in [0.717, 1.165) is 30.2 Å². The topological polar surface area (TPSA) is 44.7 Å². The Morgan fingerprint density at radius 2 is 2.16 bits per heavy atom. The summed E-state index contributed by atoms with van der Waals surface area (Å²) in [4.78, 5) is 13.8. The van der Waals surface area contributed by atoms with Gasteiger partial charge in [-0.3, -0.25) is 9.69 Å². The standard InChI is InChI=1S/C13H16ClN3OS/c14-12-4-2-1-3-11(12)9-15-16-13(18)10-17-5-7-19-8-6-17/h1-4,9H,5-8,10H2,(H,16,18)/b15-9-. The lowest BCUT2D eigenvalue weighted by Gasteiger charge is -2.24. The number of nitrogens with one attached hydrogen (secondary N) is 1. The van der Waals surface area contributed by atoms with E-state index in [1.807, 2.05) is 30.0 Å². The summed E-state index contributed by atoms with van der Waals surface area (Å²) >= 11 is 7.91. The quantitative estimate of drug-likeness (QED) is 0.681. The number of hydrogen-bond acceptors (Lipinski definition) is 4. The van der Waals surface area contributed by atoms with Crippen LogP contribution in [0, 0.1) is 0 Å². The van der Waals surface area contributed by atoms with Gasteiger partial charge in [-0.1, -0.05) is 29.8 Å². The van der Waals surface area contributed by atoms with Gasteiger partial charge < -0.3 is 0 Å².